The average molecular weight is 213 g/mol. The van der Waals surface area contributed by atoms with E-state index in [1.54, 1.807) is 0 Å². The number of carbonyl (C=O) groups is 1. The molecule has 0 aliphatic carbocycles. The minimum Gasteiger partial charge on any atom is -0.396 e. The van der Waals surface area contributed by atoms with E-state index in [1.165, 1.54) is 25.7 Å². The van der Waals surface area contributed by atoms with Gasteiger partial charge in [0.25, 0.3) is 0 Å². The molecule has 0 aromatic carbocycles. The van der Waals surface area contributed by atoms with E-state index in [0.29, 0.717) is 12.8 Å². The molecule has 1 N–H and O–H groups in total. The molecule has 1 rings (SSSR count). The second-order valence-corrected chi connectivity index (χ2v) is 4.44. The van der Waals surface area contributed by atoms with Crippen LogP contribution in [0.3, 0.4) is 0 Å². The van der Waals surface area contributed by atoms with Gasteiger partial charge in [-0.3, -0.25) is 4.79 Å². The van der Waals surface area contributed by atoms with E-state index in [0.717, 1.165) is 19.0 Å². The Morgan fingerprint density at radius 1 is 1.40 bits per heavy atom. The second kappa shape index (κ2) is 6.83. The van der Waals surface area contributed by atoms with E-state index in [1.807, 2.05) is 4.90 Å². The summed E-state index contributed by atoms with van der Waals surface area (Å²) in [6, 6.07) is 0. The molecule has 0 atom stereocenters. The summed E-state index contributed by atoms with van der Waals surface area (Å²) in [7, 11) is 0. The van der Waals surface area contributed by atoms with Crippen LogP contribution in [-0.4, -0.2) is 35.6 Å². The maximum atomic E-state index is 11.6. The molecule has 3 nitrogen and oxygen atoms in total. The summed E-state index contributed by atoms with van der Waals surface area (Å²) in [4.78, 5) is 13.6. The van der Waals surface area contributed by atoms with Gasteiger partial charge in [0.05, 0.1) is 0 Å². The lowest BCUT2D eigenvalue weighted by Crippen LogP contribution is -2.38. The maximum absolute atomic E-state index is 11.6. The number of nitrogens with zero attached hydrogens (tertiary/aromatic N) is 1. The highest BCUT2D eigenvalue weighted by Gasteiger charge is 2.21. The van der Waals surface area contributed by atoms with Crippen LogP contribution < -0.4 is 0 Å². The van der Waals surface area contributed by atoms with Crippen LogP contribution >= 0.6 is 0 Å². The summed E-state index contributed by atoms with van der Waals surface area (Å²) in [5, 5.41) is 8.65. The summed E-state index contributed by atoms with van der Waals surface area (Å²) in [6.45, 7) is 4.20. The zero-order valence-electron chi connectivity index (χ0n) is 9.74. The Kier molecular flexibility index (Phi) is 5.69. The lowest BCUT2D eigenvalue weighted by molar-refractivity contribution is -0.132. The van der Waals surface area contributed by atoms with Gasteiger partial charge >= 0.3 is 0 Å². The number of piperidine rings is 1. The standard InChI is InChI=1S/C12H23NO2/c1-2-4-11-6-8-13(9-7-11)12(15)5-3-10-14/h11,14H,2-10H2,1H3. The molecule has 0 unspecified atom stereocenters. The zero-order valence-corrected chi connectivity index (χ0v) is 9.74. The van der Waals surface area contributed by atoms with E-state index in [4.69, 9.17) is 5.11 Å². The molecule has 1 aliphatic heterocycles. The van der Waals surface area contributed by atoms with Crippen molar-refractivity contribution in [3.8, 4) is 0 Å². The molecule has 1 amide bonds. The molecule has 0 aromatic rings. The Morgan fingerprint density at radius 3 is 2.60 bits per heavy atom. The van der Waals surface area contributed by atoms with Gasteiger partial charge in [-0.25, -0.2) is 0 Å². The number of aliphatic hydroxyl groups is 1. The Bertz CT molecular complexity index is 186. The fourth-order valence-corrected chi connectivity index (χ4v) is 2.27. The third kappa shape index (κ3) is 4.20. The number of hydrogen-bond acceptors (Lipinski definition) is 2. The van der Waals surface area contributed by atoms with Crippen LogP contribution in [0.2, 0.25) is 0 Å². The number of hydrogen-bond donors (Lipinski definition) is 1. The Labute approximate surface area is 92.5 Å². The molecule has 0 saturated carbocycles. The van der Waals surface area contributed by atoms with E-state index in [2.05, 4.69) is 6.92 Å². The predicted molar refractivity (Wildman–Crippen MR) is 60.5 cm³/mol. The number of carbonyl (C=O) groups excluding carboxylic acids is 1. The van der Waals surface area contributed by atoms with Gasteiger partial charge in [-0.05, 0) is 25.2 Å². The van der Waals surface area contributed by atoms with Crippen LogP contribution in [0.25, 0.3) is 0 Å². The first-order valence-electron chi connectivity index (χ1n) is 6.16. The molecular formula is C12H23NO2. The van der Waals surface area contributed by atoms with Crippen molar-refractivity contribution < 1.29 is 9.90 Å². The summed E-state index contributed by atoms with van der Waals surface area (Å²) >= 11 is 0. The van der Waals surface area contributed by atoms with E-state index >= 15 is 0 Å². The van der Waals surface area contributed by atoms with Crippen molar-refractivity contribution in [3.05, 3.63) is 0 Å². The summed E-state index contributed by atoms with van der Waals surface area (Å²) in [5.41, 5.74) is 0. The number of aliphatic hydroxyl groups excluding tert-OH is 1. The molecule has 1 aliphatic rings. The Morgan fingerprint density at radius 2 is 2.07 bits per heavy atom. The van der Waals surface area contributed by atoms with E-state index < -0.39 is 0 Å². The molecule has 0 aromatic heterocycles. The largest absolute Gasteiger partial charge is 0.396 e. The Hall–Kier alpha value is -0.570. The van der Waals surface area contributed by atoms with Crippen LogP contribution in [0.15, 0.2) is 0 Å². The normalized spacial score (nSPS) is 18.1. The van der Waals surface area contributed by atoms with Crippen LogP contribution in [0, 0.1) is 5.92 Å². The molecule has 0 spiro atoms. The highest BCUT2D eigenvalue weighted by atomic mass is 16.3. The zero-order chi connectivity index (χ0) is 11.1. The highest BCUT2D eigenvalue weighted by Crippen LogP contribution is 2.22. The first-order valence-corrected chi connectivity index (χ1v) is 6.16. The van der Waals surface area contributed by atoms with Gasteiger partial charge < -0.3 is 10.0 Å². The first kappa shape index (κ1) is 12.5. The predicted octanol–water partition coefficient (Wildman–Crippen LogP) is 1.80. The second-order valence-electron chi connectivity index (χ2n) is 4.44. The minimum absolute atomic E-state index is 0.123. The van der Waals surface area contributed by atoms with Gasteiger partial charge in [0, 0.05) is 26.1 Å². The van der Waals surface area contributed by atoms with Crippen molar-refractivity contribution >= 4 is 5.91 Å². The molecule has 0 bridgehead atoms. The van der Waals surface area contributed by atoms with Crippen molar-refractivity contribution in [2.24, 2.45) is 5.92 Å². The summed E-state index contributed by atoms with van der Waals surface area (Å²) < 4.78 is 0. The van der Waals surface area contributed by atoms with Gasteiger partial charge in [0.15, 0.2) is 0 Å². The molecule has 15 heavy (non-hydrogen) atoms. The topological polar surface area (TPSA) is 40.5 Å². The first-order chi connectivity index (χ1) is 7.27. The van der Waals surface area contributed by atoms with Gasteiger partial charge in [-0.2, -0.15) is 0 Å². The average Bonchev–Trinajstić information content (AvgIpc) is 2.27. The third-order valence-electron chi connectivity index (χ3n) is 3.21. The van der Waals surface area contributed by atoms with Crippen molar-refractivity contribution in [3.63, 3.8) is 0 Å². The molecule has 1 heterocycles. The van der Waals surface area contributed by atoms with Crippen molar-refractivity contribution in [2.45, 2.75) is 45.4 Å². The van der Waals surface area contributed by atoms with Gasteiger partial charge in [-0.15, -0.1) is 0 Å². The van der Waals surface area contributed by atoms with Crippen LogP contribution in [0.5, 0.6) is 0 Å². The monoisotopic (exact) mass is 213 g/mol. The van der Waals surface area contributed by atoms with Crippen molar-refractivity contribution in [2.75, 3.05) is 19.7 Å². The highest BCUT2D eigenvalue weighted by molar-refractivity contribution is 5.76. The molecule has 1 fully saturated rings. The number of amides is 1. The summed E-state index contributed by atoms with van der Waals surface area (Å²) in [5.74, 6) is 1.05. The van der Waals surface area contributed by atoms with Crippen molar-refractivity contribution in [1.29, 1.82) is 0 Å². The molecule has 0 radical (unpaired) electrons. The van der Waals surface area contributed by atoms with Crippen molar-refractivity contribution in [1.82, 2.24) is 4.90 Å². The third-order valence-corrected chi connectivity index (χ3v) is 3.21. The van der Waals surface area contributed by atoms with E-state index in [-0.39, 0.29) is 12.5 Å². The SMILES string of the molecule is CCCC1CCN(C(=O)CCCO)CC1. The minimum atomic E-state index is 0.123. The van der Waals surface area contributed by atoms with Gasteiger partial charge in [0.1, 0.15) is 0 Å². The summed E-state index contributed by atoms with van der Waals surface area (Å²) in [6.07, 6.45) is 6.00. The smallest absolute Gasteiger partial charge is 0.222 e. The molecule has 1 saturated heterocycles. The molecule has 3 heteroatoms. The Balaban J connectivity index is 2.21. The van der Waals surface area contributed by atoms with E-state index in [9.17, 15) is 4.79 Å². The number of likely N-dealkylation sites (tertiary alicyclic amines) is 1. The number of rotatable bonds is 5. The fraction of sp³-hybridized carbons (Fsp3) is 0.917. The molecule has 88 valence electrons. The van der Waals surface area contributed by atoms with Crippen LogP contribution in [0.4, 0.5) is 0 Å². The fourth-order valence-electron chi connectivity index (χ4n) is 2.27. The van der Waals surface area contributed by atoms with Crippen LogP contribution in [0.1, 0.15) is 45.4 Å². The maximum Gasteiger partial charge on any atom is 0.222 e. The van der Waals surface area contributed by atoms with Crippen LogP contribution in [-0.2, 0) is 4.79 Å². The van der Waals surface area contributed by atoms with Gasteiger partial charge in [0.2, 0.25) is 5.91 Å². The lowest BCUT2D eigenvalue weighted by atomic mass is 9.92. The quantitative estimate of drug-likeness (QED) is 0.756. The molecular weight excluding hydrogens is 190 g/mol. The van der Waals surface area contributed by atoms with Gasteiger partial charge in [-0.1, -0.05) is 19.8 Å². The lowest BCUT2D eigenvalue weighted by Gasteiger charge is -2.32.